The van der Waals surface area contributed by atoms with Gasteiger partial charge in [-0.2, -0.15) is 0 Å². The van der Waals surface area contributed by atoms with Gasteiger partial charge in [0.05, 0.1) is 15.7 Å². The first-order chi connectivity index (χ1) is 13.1. The summed E-state index contributed by atoms with van der Waals surface area (Å²) in [5.41, 5.74) is 2.07. The van der Waals surface area contributed by atoms with Gasteiger partial charge in [-0.1, -0.05) is 39.0 Å². The molecule has 0 bridgehead atoms. The van der Waals surface area contributed by atoms with E-state index in [2.05, 4.69) is 47.3 Å². The maximum atomic E-state index is 12.3. The van der Waals surface area contributed by atoms with E-state index in [-0.39, 0.29) is 29.9 Å². The van der Waals surface area contributed by atoms with Crippen LogP contribution >= 0.6 is 15.9 Å². The molecule has 150 valence electrons. The van der Waals surface area contributed by atoms with Gasteiger partial charge in [0.1, 0.15) is 5.75 Å². The summed E-state index contributed by atoms with van der Waals surface area (Å²) in [5, 5.41) is 5.58. The Hall–Kier alpha value is -2.34. The Bertz CT molecular complexity index is 857. The molecule has 2 N–H and O–H groups in total. The number of carbonyl (C=O) groups excluding carboxylic acids is 2. The number of para-hydroxylation sites is 1. The monoisotopic (exact) mass is 446 g/mol. The van der Waals surface area contributed by atoms with Gasteiger partial charge in [-0.05, 0) is 65.0 Å². The van der Waals surface area contributed by atoms with Crippen molar-refractivity contribution in [2.45, 2.75) is 46.1 Å². The Morgan fingerprint density at radius 3 is 2.39 bits per heavy atom. The molecule has 0 radical (unpaired) electrons. The Labute approximate surface area is 175 Å². The lowest BCUT2D eigenvalue weighted by molar-refractivity contribution is -0.118. The first kappa shape index (κ1) is 22.0. The van der Waals surface area contributed by atoms with E-state index in [4.69, 9.17) is 4.74 Å². The standard InChI is InChI=1S/C22H27BrN2O3/c1-14(2)24-21(27)16-8-6-7-9-18(16)25-20(26)13-28-19-11-10-15(12-17(19)23)22(3,4)5/h6-12,14H,13H2,1-5H3,(H,24,27)(H,25,26). The van der Waals surface area contributed by atoms with Crippen molar-refractivity contribution in [2.75, 3.05) is 11.9 Å². The first-order valence-corrected chi connectivity index (χ1v) is 10.00. The molecule has 0 heterocycles. The molecule has 5 nitrogen and oxygen atoms in total. The molecular formula is C22H27BrN2O3. The predicted molar refractivity (Wildman–Crippen MR) is 116 cm³/mol. The second-order valence-corrected chi connectivity index (χ2v) is 8.76. The minimum atomic E-state index is -0.336. The summed E-state index contributed by atoms with van der Waals surface area (Å²) >= 11 is 3.50. The van der Waals surface area contributed by atoms with Crippen LogP contribution in [0, 0.1) is 0 Å². The van der Waals surface area contributed by atoms with Gasteiger partial charge in [-0.25, -0.2) is 0 Å². The van der Waals surface area contributed by atoms with Crippen molar-refractivity contribution in [2.24, 2.45) is 0 Å². The molecule has 0 aliphatic heterocycles. The first-order valence-electron chi connectivity index (χ1n) is 9.20. The second-order valence-electron chi connectivity index (χ2n) is 7.91. The van der Waals surface area contributed by atoms with Crippen LogP contribution < -0.4 is 15.4 Å². The SMILES string of the molecule is CC(C)NC(=O)c1ccccc1NC(=O)COc1ccc(C(C)(C)C)cc1Br. The van der Waals surface area contributed by atoms with E-state index >= 15 is 0 Å². The fraction of sp³-hybridized carbons (Fsp3) is 0.364. The van der Waals surface area contributed by atoms with E-state index in [0.717, 1.165) is 4.47 Å². The largest absolute Gasteiger partial charge is 0.483 e. The van der Waals surface area contributed by atoms with Crippen molar-refractivity contribution in [3.8, 4) is 5.75 Å². The third kappa shape index (κ3) is 6.09. The van der Waals surface area contributed by atoms with Gasteiger partial charge in [-0.3, -0.25) is 9.59 Å². The molecule has 0 aliphatic carbocycles. The molecule has 0 aliphatic rings. The van der Waals surface area contributed by atoms with Crippen molar-refractivity contribution in [3.05, 3.63) is 58.1 Å². The summed E-state index contributed by atoms with van der Waals surface area (Å²) in [6.07, 6.45) is 0. The molecule has 0 saturated heterocycles. The van der Waals surface area contributed by atoms with Crippen LogP contribution in [-0.4, -0.2) is 24.5 Å². The zero-order chi connectivity index (χ0) is 20.9. The average molecular weight is 447 g/mol. The van der Waals surface area contributed by atoms with Crippen molar-refractivity contribution < 1.29 is 14.3 Å². The van der Waals surface area contributed by atoms with Crippen LogP contribution in [0.4, 0.5) is 5.69 Å². The summed E-state index contributed by atoms with van der Waals surface area (Å²) in [5.74, 6) is 0.0258. The fourth-order valence-electron chi connectivity index (χ4n) is 2.54. The van der Waals surface area contributed by atoms with Crippen LogP contribution in [0.3, 0.4) is 0 Å². The number of nitrogens with one attached hydrogen (secondary N) is 2. The molecular weight excluding hydrogens is 420 g/mol. The number of amides is 2. The van der Waals surface area contributed by atoms with Gasteiger partial charge in [0.2, 0.25) is 0 Å². The number of benzene rings is 2. The lowest BCUT2D eigenvalue weighted by atomic mass is 9.87. The van der Waals surface area contributed by atoms with E-state index in [1.165, 1.54) is 5.56 Å². The van der Waals surface area contributed by atoms with Crippen molar-refractivity contribution in [3.63, 3.8) is 0 Å². The minimum absolute atomic E-state index is 0.00742. The van der Waals surface area contributed by atoms with E-state index < -0.39 is 0 Å². The highest BCUT2D eigenvalue weighted by atomic mass is 79.9. The predicted octanol–water partition coefficient (Wildman–Crippen LogP) is 4.90. The van der Waals surface area contributed by atoms with Crippen LogP contribution in [0.5, 0.6) is 5.75 Å². The van der Waals surface area contributed by atoms with Crippen LogP contribution in [0.15, 0.2) is 46.9 Å². The number of hydrogen-bond acceptors (Lipinski definition) is 3. The molecule has 0 atom stereocenters. The highest BCUT2D eigenvalue weighted by Crippen LogP contribution is 2.31. The molecule has 2 aromatic rings. The maximum absolute atomic E-state index is 12.3. The summed E-state index contributed by atoms with van der Waals surface area (Å²) in [6.45, 7) is 10.0. The van der Waals surface area contributed by atoms with Crippen LogP contribution in [0.2, 0.25) is 0 Å². The number of carbonyl (C=O) groups is 2. The molecule has 0 unspecified atom stereocenters. The number of ether oxygens (including phenoxy) is 1. The smallest absolute Gasteiger partial charge is 0.262 e. The van der Waals surface area contributed by atoms with Gasteiger partial charge in [-0.15, -0.1) is 0 Å². The molecule has 2 rings (SSSR count). The van der Waals surface area contributed by atoms with Gasteiger partial charge in [0.25, 0.3) is 11.8 Å². The van der Waals surface area contributed by atoms with Crippen molar-refractivity contribution >= 4 is 33.4 Å². The van der Waals surface area contributed by atoms with Gasteiger partial charge in [0.15, 0.2) is 6.61 Å². The molecule has 2 aromatic carbocycles. The molecule has 0 saturated carbocycles. The fourth-order valence-corrected chi connectivity index (χ4v) is 3.04. The summed E-state index contributed by atoms with van der Waals surface area (Å²) in [7, 11) is 0. The summed E-state index contributed by atoms with van der Waals surface area (Å²) < 4.78 is 6.44. The molecule has 6 heteroatoms. The maximum Gasteiger partial charge on any atom is 0.262 e. The molecule has 28 heavy (non-hydrogen) atoms. The zero-order valence-corrected chi connectivity index (χ0v) is 18.5. The topological polar surface area (TPSA) is 67.4 Å². The third-order valence-electron chi connectivity index (χ3n) is 4.02. The van der Waals surface area contributed by atoms with Crippen molar-refractivity contribution in [1.29, 1.82) is 0 Å². The highest BCUT2D eigenvalue weighted by molar-refractivity contribution is 9.10. The highest BCUT2D eigenvalue weighted by Gasteiger charge is 2.17. The van der Waals surface area contributed by atoms with E-state index in [1.54, 1.807) is 24.3 Å². The second kappa shape index (κ2) is 9.24. The Morgan fingerprint density at radius 2 is 1.79 bits per heavy atom. The van der Waals surface area contributed by atoms with Crippen LogP contribution in [0.25, 0.3) is 0 Å². The van der Waals surface area contributed by atoms with Crippen LogP contribution in [0.1, 0.15) is 50.5 Å². The van der Waals surface area contributed by atoms with Gasteiger partial charge < -0.3 is 15.4 Å². The summed E-state index contributed by atoms with van der Waals surface area (Å²) in [6, 6.07) is 12.7. The molecule has 0 aromatic heterocycles. The van der Waals surface area contributed by atoms with E-state index in [0.29, 0.717) is 17.0 Å². The zero-order valence-electron chi connectivity index (χ0n) is 16.9. The van der Waals surface area contributed by atoms with Crippen LogP contribution in [-0.2, 0) is 10.2 Å². The summed E-state index contributed by atoms with van der Waals surface area (Å²) in [4.78, 5) is 24.6. The Morgan fingerprint density at radius 1 is 1.11 bits per heavy atom. The average Bonchev–Trinajstić information content (AvgIpc) is 2.59. The number of hydrogen-bond donors (Lipinski definition) is 2. The third-order valence-corrected chi connectivity index (χ3v) is 4.64. The number of anilines is 1. The Kier molecular flexibility index (Phi) is 7.24. The van der Waals surface area contributed by atoms with E-state index in [1.807, 2.05) is 32.0 Å². The van der Waals surface area contributed by atoms with Crippen molar-refractivity contribution in [1.82, 2.24) is 5.32 Å². The molecule has 0 spiro atoms. The molecule has 2 amide bonds. The quantitative estimate of drug-likeness (QED) is 0.662. The van der Waals surface area contributed by atoms with Gasteiger partial charge in [0, 0.05) is 6.04 Å². The lowest BCUT2D eigenvalue weighted by Crippen LogP contribution is -2.31. The number of rotatable bonds is 6. The molecule has 0 fully saturated rings. The lowest BCUT2D eigenvalue weighted by Gasteiger charge is -2.20. The Balaban J connectivity index is 2.03. The van der Waals surface area contributed by atoms with Gasteiger partial charge >= 0.3 is 0 Å². The normalized spacial score (nSPS) is 11.2. The number of halogens is 1. The minimum Gasteiger partial charge on any atom is -0.483 e. The van der Waals surface area contributed by atoms with E-state index in [9.17, 15) is 9.59 Å².